The van der Waals surface area contributed by atoms with Gasteiger partial charge >= 0.3 is 63.0 Å². The fourth-order valence-corrected chi connectivity index (χ4v) is 9.67. The molecular weight excluding hydrogens is 793 g/mol. The van der Waals surface area contributed by atoms with Gasteiger partial charge in [0.25, 0.3) is 0 Å². The Labute approximate surface area is 341 Å². The van der Waals surface area contributed by atoms with Crippen LogP contribution in [-0.4, -0.2) is 30.8 Å². The van der Waals surface area contributed by atoms with Crippen molar-refractivity contribution in [2.45, 2.75) is 96.9 Å². The summed E-state index contributed by atoms with van der Waals surface area (Å²) in [5.41, 5.74) is 22.9. The van der Waals surface area contributed by atoms with E-state index in [0.717, 1.165) is 26.2 Å². The molecule has 54 heavy (non-hydrogen) atoms. The normalized spacial score (nSPS) is 14.0. The molecule has 0 atom stereocenters. The molecule has 2 fully saturated rings. The minimum atomic E-state index is -1.52. The number of allylic oxidation sites excluding steroid dienone is 2. The van der Waals surface area contributed by atoms with Crippen LogP contribution in [0.1, 0.15) is 80.6 Å². The van der Waals surface area contributed by atoms with Crippen molar-refractivity contribution in [2.75, 3.05) is 45.8 Å². The van der Waals surface area contributed by atoms with E-state index in [2.05, 4.69) is 165 Å². The largest absolute Gasteiger partial charge is 0.502 e. The molecule has 2 aliphatic heterocycles. The van der Waals surface area contributed by atoms with Crippen LogP contribution in [0, 0.1) is 96.4 Å². The van der Waals surface area contributed by atoms with Crippen molar-refractivity contribution in [3.63, 3.8) is 0 Å². The quantitative estimate of drug-likeness (QED) is 0.146. The number of hydrogen-bond acceptors (Lipinski definition) is 4. The van der Waals surface area contributed by atoms with Crippen molar-refractivity contribution < 1.29 is 13.5 Å². The fraction of sp³-hybridized carbons (Fsp3) is 0.383. The van der Waals surface area contributed by atoms with Crippen LogP contribution in [-0.2, 0) is 13.5 Å². The first-order chi connectivity index (χ1) is 25.4. The summed E-state index contributed by atoms with van der Waals surface area (Å²) < 4.78 is 1.88. The van der Waals surface area contributed by atoms with Gasteiger partial charge in [-0.3, -0.25) is 0 Å². The average molecular weight is 855 g/mol. The monoisotopic (exact) mass is 854 g/mol. The molecule has 6 rings (SSSR count). The third-order valence-corrected chi connectivity index (χ3v) is 11.7. The van der Waals surface area contributed by atoms with Crippen LogP contribution >= 0.6 is 19.4 Å². The molecular formula is C47H62Cl2N4Ru-2. The summed E-state index contributed by atoms with van der Waals surface area (Å²) in [5, 5.41) is 0. The van der Waals surface area contributed by atoms with Gasteiger partial charge in [-0.15, -0.1) is 0 Å². The van der Waals surface area contributed by atoms with Crippen LogP contribution in [0.2, 0.25) is 0 Å². The Kier molecular flexibility index (Phi) is 15.5. The predicted molar refractivity (Wildman–Crippen MR) is 238 cm³/mol. The molecule has 4 aromatic carbocycles. The van der Waals surface area contributed by atoms with E-state index in [4.69, 9.17) is 19.4 Å². The van der Waals surface area contributed by atoms with Crippen LogP contribution in [0.5, 0.6) is 0 Å². The van der Waals surface area contributed by atoms with Gasteiger partial charge in [0.05, 0.1) is 0 Å². The first-order valence-electron chi connectivity index (χ1n) is 18.9. The second-order valence-electron chi connectivity index (χ2n) is 15.6. The summed E-state index contributed by atoms with van der Waals surface area (Å²) >= 11 is -1.52. The molecule has 0 saturated carbocycles. The molecule has 0 amide bonds. The average Bonchev–Trinajstić information content (AvgIpc) is 3.69. The summed E-state index contributed by atoms with van der Waals surface area (Å²) in [5.74, 6) is 0. The third-order valence-electron chi connectivity index (χ3n) is 9.89. The number of anilines is 4. The molecule has 2 saturated heterocycles. The number of benzene rings is 4. The topological polar surface area (TPSA) is 13.0 Å². The molecule has 2 heterocycles. The third kappa shape index (κ3) is 11.2. The standard InChI is InChI=1S/2C21H27N2.C5H8.2ClH.Ru/c2*1-14-9-16(3)20(17(4)10-14)22-7-8-23(13-22)21-18(5)11-15(2)12-19(21)6;1-4-5(2)3;;;/h2*9-13H,7-8H2,1-6H3;1,4H,2-3H3;2*1H;/q2*-1;;;;+2/p-2. The number of rotatable bonds is 5. The fourth-order valence-electron chi connectivity index (χ4n) is 8.34. The van der Waals surface area contributed by atoms with E-state index >= 15 is 0 Å². The molecule has 0 aliphatic carbocycles. The van der Waals surface area contributed by atoms with Crippen molar-refractivity contribution in [2.24, 2.45) is 0 Å². The molecule has 7 heteroatoms. The van der Waals surface area contributed by atoms with Gasteiger partial charge in [0.15, 0.2) is 0 Å². The summed E-state index contributed by atoms with van der Waals surface area (Å²) in [7, 11) is 11.1. The molecule has 294 valence electrons. The maximum absolute atomic E-state index is 5.53. The van der Waals surface area contributed by atoms with E-state index in [-0.39, 0.29) is 0 Å². The Bertz CT molecular complexity index is 1660. The zero-order valence-corrected chi connectivity index (χ0v) is 38.4. The molecule has 0 unspecified atom stereocenters. The van der Waals surface area contributed by atoms with Crippen molar-refractivity contribution in [3.8, 4) is 0 Å². The zero-order valence-electron chi connectivity index (χ0n) is 35.2. The second-order valence-corrected chi connectivity index (χ2v) is 21.4. The van der Waals surface area contributed by atoms with Crippen molar-refractivity contribution in [1.82, 2.24) is 0 Å². The number of halogens is 2. The second kappa shape index (κ2) is 19.2. The Morgan fingerprint density at radius 2 is 0.648 bits per heavy atom. The summed E-state index contributed by atoms with van der Waals surface area (Å²) in [6, 6.07) is 18.2. The van der Waals surface area contributed by atoms with E-state index in [0.29, 0.717) is 0 Å². The van der Waals surface area contributed by atoms with Crippen molar-refractivity contribution in [1.29, 1.82) is 0 Å². The number of nitrogens with zero attached hydrogens (tertiary/aromatic N) is 4. The Morgan fingerprint density at radius 3 is 0.796 bits per heavy atom. The van der Waals surface area contributed by atoms with Crippen LogP contribution in [0.3, 0.4) is 0 Å². The molecule has 0 aromatic heterocycles. The van der Waals surface area contributed by atoms with Gasteiger partial charge in [0, 0.05) is 48.9 Å². The SMILES string of the molecule is CC(C)=C[CH]=[Ru]([Cl])[Cl].Cc1cc(C)c(N2[CH-]N(c3c(C)cc(C)cc3C)CC2)c(C)c1.Cc1cc(C)c(N2[CH-]N(c3c(C)cc(C)cc3C)CC2)c(C)c1. The zero-order chi connectivity index (χ0) is 40.0. The van der Waals surface area contributed by atoms with Gasteiger partial charge in [-0.05, 0) is 128 Å². The molecule has 4 aromatic rings. The van der Waals surface area contributed by atoms with Crippen LogP contribution in [0.15, 0.2) is 60.2 Å². The van der Waals surface area contributed by atoms with E-state index in [9.17, 15) is 0 Å². The number of aryl methyl sites for hydroxylation is 12. The van der Waals surface area contributed by atoms with Crippen LogP contribution in [0.25, 0.3) is 0 Å². The van der Waals surface area contributed by atoms with Gasteiger partial charge in [-0.2, -0.15) is 13.3 Å². The minimum Gasteiger partial charge on any atom is -0.502 e. The Morgan fingerprint density at radius 1 is 0.444 bits per heavy atom. The maximum Gasteiger partial charge on any atom is 0.0146 e. The van der Waals surface area contributed by atoms with Gasteiger partial charge in [-0.1, -0.05) is 70.8 Å². The van der Waals surface area contributed by atoms with E-state index in [1.165, 1.54) is 95.1 Å². The first kappa shape index (κ1) is 43.6. The van der Waals surface area contributed by atoms with Crippen LogP contribution < -0.4 is 19.6 Å². The first-order valence-corrected chi connectivity index (χ1v) is 24.4. The van der Waals surface area contributed by atoms with E-state index in [1.54, 1.807) is 0 Å². The predicted octanol–water partition coefficient (Wildman–Crippen LogP) is 12.6. The summed E-state index contributed by atoms with van der Waals surface area (Å²) in [4.78, 5) is 9.62. The van der Waals surface area contributed by atoms with Crippen molar-refractivity contribution >= 4 is 46.7 Å². The van der Waals surface area contributed by atoms with Crippen LogP contribution in [0.4, 0.5) is 22.7 Å². The summed E-state index contributed by atoms with van der Waals surface area (Å²) in [6.07, 6.45) is 1.96. The smallest absolute Gasteiger partial charge is 0.0146 e. The van der Waals surface area contributed by atoms with E-state index < -0.39 is 13.5 Å². The molecule has 4 nitrogen and oxygen atoms in total. The van der Waals surface area contributed by atoms with Gasteiger partial charge in [0.2, 0.25) is 0 Å². The number of hydrogen-bond donors (Lipinski definition) is 0. The maximum atomic E-state index is 5.53. The molecule has 2 aliphatic rings. The Balaban J connectivity index is 0.000000201. The molecule has 0 radical (unpaired) electrons. The minimum absolute atomic E-state index is 1.04. The van der Waals surface area contributed by atoms with Gasteiger partial charge < -0.3 is 19.6 Å². The van der Waals surface area contributed by atoms with E-state index in [1.807, 2.05) is 24.5 Å². The summed E-state index contributed by atoms with van der Waals surface area (Å²) in [6.45, 7) is 39.2. The van der Waals surface area contributed by atoms with Gasteiger partial charge in [0.1, 0.15) is 0 Å². The molecule has 0 bridgehead atoms. The van der Waals surface area contributed by atoms with Crippen molar-refractivity contribution in [3.05, 3.63) is 140 Å². The van der Waals surface area contributed by atoms with Gasteiger partial charge in [-0.25, -0.2) is 0 Å². The molecule has 0 spiro atoms. The Hall–Kier alpha value is -3.11. The molecule has 0 N–H and O–H groups in total.